The molecule has 4 aliphatic rings. The lowest BCUT2D eigenvalue weighted by Crippen LogP contribution is -2.20. The van der Waals surface area contributed by atoms with Crippen LogP contribution in [0.4, 0.5) is 34.1 Å². The van der Waals surface area contributed by atoms with Gasteiger partial charge in [-0.05, 0) is 198 Å². The van der Waals surface area contributed by atoms with Crippen molar-refractivity contribution in [3.8, 4) is 55.6 Å². The fourth-order valence-electron chi connectivity index (χ4n) is 15.3. The Balaban J connectivity index is 0.771. The second-order valence-corrected chi connectivity index (χ2v) is 23.1. The lowest BCUT2D eigenvalue weighted by Gasteiger charge is -2.29. The third-order valence-electron chi connectivity index (χ3n) is 18.9. The van der Waals surface area contributed by atoms with E-state index in [1.54, 1.807) is 11.1 Å². The van der Waals surface area contributed by atoms with E-state index < -0.39 is 0 Å². The van der Waals surface area contributed by atoms with Gasteiger partial charge in [0.15, 0.2) is 0 Å². The molecular formula is C78H60N2. The van der Waals surface area contributed by atoms with E-state index in [0.717, 1.165) is 34.1 Å². The van der Waals surface area contributed by atoms with Crippen LogP contribution in [0.5, 0.6) is 0 Å². The molecule has 0 N–H and O–H groups in total. The number of fused-ring (bicyclic) bond motifs is 14. The smallest absolute Gasteiger partial charge is 0.0468 e. The first-order valence-corrected chi connectivity index (χ1v) is 29.1. The lowest BCUT2D eigenvalue weighted by molar-refractivity contribution is 0.554. The van der Waals surface area contributed by atoms with Crippen LogP contribution in [0.1, 0.15) is 73.6 Å². The van der Waals surface area contributed by atoms with Crippen LogP contribution in [-0.2, 0) is 10.8 Å². The van der Waals surface area contributed by atoms with Crippen LogP contribution >= 0.6 is 0 Å². The molecule has 0 amide bonds. The zero-order chi connectivity index (χ0) is 52.8. The maximum Gasteiger partial charge on any atom is 0.0468 e. The molecule has 2 nitrogen and oxygen atoms in total. The zero-order valence-corrected chi connectivity index (χ0v) is 45.0. The summed E-state index contributed by atoms with van der Waals surface area (Å²) in [6.07, 6.45) is 9.98. The molecule has 0 unspecified atom stereocenters. The van der Waals surface area contributed by atoms with E-state index in [1.165, 1.54) is 140 Å². The Morgan fingerprint density at radius 1 is 0.237 bits per heavy atom. The van der Waals surface area contributed by atoms with Crippen LogP contribution in [0.15, 0.2) is 267 Å². The summed E-state index contributed by atoms with van der Waals surface area (Å²) < 4.78 is 0. The van der Waals surface area contributed by atoms with Crippen LogP contribution in [-0.4, -0.2) is 0 Å². The van der Waals surface area contributed by atoms with Crippen molar-refractivity contribution in [3.05, 3.63) is 289 Å². The van der Waals surface area contributed by atoms with Gasteiger partial charge in [0.2, 0.25) is 0 Å². The summed E-state index contributed by atoms with van der Waals surface area (Å²) in [5.74, 6) is 0. The van der Waals surface area contributed by atoms with Gasteiger partial charge in [0, 0.05) is 45.0 Å². The average Bonchev–Trinajstić information content (AvgIpc) is 4.49. The molecule has 2 spiro atoms. The molecule has 2 heteroatoms. The zero-order valence-electron chi connectivity index (χ0n) is 45.0. The molecule has 0 radical (unpaired) electrons. The second-order valence-electron chi connectivity index (χ2n) is 23.1. The van der Waals surface area contributed by atoms with Gasteiger partial charge in [-0.1, -0.05) is 220 Å². The van der Waals surface area contributed by atoms with Gasteiger partial charge in [0.25, 0.3) is 0 Å². The molecule has 80 heavy (non-hydrogen) atoms. The molecule has 0 aromatic heterocycles. The van der Waals surface area contributed by atoms with Crippen molar-refractivity contribution >= 4 is 55.7 Å². The first-order chi connectivity index (χ1) is 39.6. The second kappa shape index (κ2) is 18.7. The molecule has 2 saturated carbocycles. The van der Waals surface area contributed by atoms with Crippen molar-refractivity contribution < 1.29 is 0 Å². The Labute approximate surface area is 469 Å². The summed E-state index contributed by atoms with van der Waals surface area (Å²) >= 11 is 0. The van der Waals surface area contributed by atoms with Gasteiger partial charge >= 0.3 is 0 Å². The molecule has 0 aliphatic heterocycles. The topological polar surface area (TPSA) is 6.48 Å². The number of nitrogens with zero attached hydrogens (tertiary/aromatic N) is 2. The predicted octanol–water partition coefficient (Wildman–Crippen LogP) is 21.6. The van der Waals surface area contributed by atoms with E-state index in [0.29, 0.717) is 0 Å². The van der Waals surface area contributed by atoms with Crippen LogP contribution in [0.2, 0.25) is 0 Å². The number of hydrogen-bond donors (Lipinski definition) is 0. The fourth-order valence-corrected chi connectivity index (χ4v) is 15.3. The average molecular weight is 1030 g/mol. The molecule has 0 saturated heterocycles. The predicted molar refractivity (Wildman–Crippen MR) is 336 cm³/mol. The Kier molecular flexibility index (Phi) is 11.0. The highest BCUT2D eigenvalue weighted by Crippen LogP contribution is 2.60. The van der Waals surface area contributed by atoms with Gasteiger partial charge in [0.05, 0.1) is 0 Å². The molecular weight excluding hydrogens is 965 g/mol. The summed E-state index contributed by atoms with van der Waals surface area (Å²) in [6.45, 7) is 0. The van der Waals surface area contributed by atoms with Gasteiger partial charge in [-0.15, -0.1) is 0 Å². The summed E-state index contributed by atoms with van der Waals surface area (Å²) in [5, 5.41) is 5.35. The van der Waals surface area contributed by atoms with Crippen LogP contribution in [0.3, 0.4) is 0 Å². The first kappa shape index (κ1) is 46.8. The SMILES string of the molecule is c1ccc(-c2cccc(N(c3ccc(-c4ccc(N(c5cccc(-c6ccccc6)c5)c5ccc6c7c(ccc6c5)-c5ccccc5C75CCCC5)cc4)cc3)c3ccc4c5c(ccc4c3)-c3ccccc3C53CCCC3)c2)cc1. The number of benzene rings is 12. The largest absolute Gasteiger partial charge is 0.310 e. The first-order valence-electron chi connectivity index (χ1n) is 29.1. The van der Waals surface area contributed by atoms with Gasteiger partial charge in [-0.3, -0.25) is 0 Å². The molecule has 12 aromatic rings. The Morgan fingerprint density at radius 3 is 1.01 bits per heavy atom. The standard InChI is InChI=1S/C78H60N2/c1-3-17-53(18-4-1)57-21-15-23-63(49-57)79(65-39-43-67-59(51-65)33-41-71-69-25-7-9-27-73(69)77(75(67)71)45-11-12-46-77)61-35-29-55(30-36-61)56-31-37-62(38-32-56)80(64-24-16-22-58(50-64)54-19-5-2-6-20-54)66-40-44-68-60(52-66)34-42-72-70-26-8-10-28-74(70)78(76(68)72)47-13-14-48-78/h1-10,15-44,49-52H,11-14,45-48H2. The van der Waals surface area contributed by atoms with E-state index in [4.69, 9.17) is 0 Å². The lowest BCUT2D eigenvalue weighted by atomic mass is 9.75. The van der Waals surface area contributed by atoms with Crippen LogP contribution in [0.25, 0.3) is 77.2 Å². The third kappa shape index (κ3) is 7.38. The van der Waals surface area contributed by atoms with Crippen molar-refractivity contribution in [2.75, 3.05) is 9.80 Å². The Hall–Kier alpha value is -9.24. The maximum atomic E-state index is 2.44. The summed E-state index contributed by atoms with van der Waals surface area (Å²) in [6, 6.07) is 100. The highest BCUT2D eigenvalue weighted by molar-refractivity contribution is 6.02. The van der Waals surface area contributed by atoms with E-state index >= 15 is 0 Å². The van der Waals surface area contributed by atoms with Gasteiger partial charge in [-0.2, -0.15) is 0 Å². The maximum absolute atomic E-state index is 2.44. The van der Waals surface area contributed by atoms with E-state index in [1.807, 2.05) is 0 Å². The van der Waals surface area contributed by atoms with Gasteiger partial charge < -0.3 is 9.80 Å². The Morgan fingerprint density at radius 2 is 0.588 bits per heavy atom. The van der Waals surface area contributed by atoms with Crippen LogP contribution < -0.4 is 9.80 Å². The third-order valence-corrected chi connectivity index (χ3v) is 18.9. The summed E-state index contributed by atoms with van der Waals surface area (Å²) in [7, 11) is 0. The molecule has 2 fully saturated rings. The molecule has 382 valence electrons. The number of anilines is 6. The van der Waals surface area contributed by atoms with Gasteiger partial charge in [-0.25, -0.2) is 0 Å². The minimum atomic E-state index is 0.0971. The van der Waals surface area contributed by atoms with Gasteiger partial charge in [0.1, 0.15) is 0 Å². The van der Waals surface area contributed by atoms with E-state index in [-0.39, 0.29) is 10.8 Å². The summed E-state index contributed by atoms with van der Waals surface area (Å²) in [4.78, 5) is 4.88. The van der Waals surface area contributed by atoms with Crippen molar-refractivity contribution in [2.24, 2.45) is 0 Å². The van der Waals surface area contributed by atoms with Crippen molar-refractivity contribution in [1.29, 1.82) is 0 Å². The van der Waals surface area contributed by atoms with Crippen molar-refractivity contribution in [1.82, 2.24) is 0 Å². The monoisotopic (exact) mass is 1020 g/mol. The molecule has 4 aliphatic carbocycles. The number of hydrogen-bond acceptors (Lipinski definition) is 2. The molecule has 0 heterocycles. The van der Waals surface area contributed by atoms with E-state index in [2.05, 4.69) is 277 Å². The molecule has 0 atom stereocenters. The fraction of sp³-hybridized carbons (Fsp3) is 0.128. The highest BCUT2D eigenvalue weighted by atomic mass is 15.1. The quantitative estimate of drug-likeness (QED) is 0.142. The van der Waals surface area contributed by atoms with Crippen LogP contribution in [0, 0.1) is 0 Å². The van der Waals surface area contributed by atoms with Crippen molar-refractivity contribution in [3.63, 3.8) is 0 Å². The molecule has 12 aromatic carbocycles. The normalized spacial score (nSPS) is 15.1. The minimum absolute atomic E-state index is 0.0971. The van der Waals surface area contributed by atoms with Crippen molar-refractivity contribution in [2.45, 2.75) is 62.2 Å². The summed E-state index contributed by atoms with van der Waals surface area (Å²) in [5.41, 5.74) is 26.0. The Bertz CT molecular complexity index is 4070. The molecule has 16 rings (SSSR count). The minimum Gasteiger partial charge on any atom is -0.310 e. The number of rotatable bonds is 9. The molecule has 0 bridgehead atoms. The van der Waals surface area contributed by atoms with E-state index in [9.17, 15) is 0 Å². The highest BCUT2D eigenvalue weighted by Gasteiger charge is 2.47.